The Morgan fingerprint density at radius 2 is 2.05 bits per heavy atom. The van der Waals surface area contributed by atoms with Crippen molar-refractivity contribution in [2.24, 2.45) is 7.05 Å². The lowest BCUT2D eigenvalue weighted by atomic mass is 10.3. The summed E-state index contributed by atoms with van der Waals surface area (Å²) in [6, 6.07) is 0. The number of halogens is 1. The molecule has 2 aromatic rings. The third-order valence-electron chi connectivity index (χ3n) is 2.35. The third-order valence-corrected chi connectivity index (χ3v) is 3.67. The highest BCUT2D eigenvalue weighted by Gasteiger charge is 2.17. The first kappa shape index (κ1) is 13.6. The molecule has 0 unspecified atom stereocenters. The zero-order valence-corrected chi connectivity index (χ0v) is 11.3. The molecule has 0 radical (unpaired) electrons. The smallest absolute Gasteiger partial charge is 0.295 e. The van der Waals surface area contributed by atoms with Crippen molar-refractivity contribution in [3.05, 3.63) is 45.0 Å². The molecule has 2 rings (SSSR count). The van der Waals surface area contributed by atoms with Gasteiger partial charge in [0.2, 0.25) is 0 Å². The summed E-state index contributed by atoms with van der Waals surface area (Å²) in [4.78, 5) is 24.2. The number of H-pyrrole nitrogens is 1. The van der Waals surface area contributed by atoms with Gasteiger partial charge < -0.3 is 0 Å². The summed E-state index contributed by atoms with van der Waals surface area (Å²) in [6.07, 6.45) is 4.09. The van der Waals surface area contributed by atoms with Crippen molar-refractivity contribution in [1.29, 1.82) is 0 Å². The number of hydrogen-bond acceptors (Lipinski definition) is 5. The van der Waals surface area contributed by atoms with Crippen LogP contribution in [0.1, 0.15) is 5.56 Å². The zero-order chi connectivity index (χ0) is 14.2. The third kappa shape index (κ3) is 2.93. The van der Waals surface area contributed by atoms with E-state index in [9.17, 15) is 18.0 Å². The first-order valence-electron chi connectivity index (χ1n) is 5.03. The molecular formula is C9H9ClN4O4S. The monoisotopic (exact) mass is 304 g/mol. The lowest BCUT2D eigenvalue weighted by molar-refractivity contribution is 0.603. The van der Waals surface area contributed by atoms with Crippen LogP contribution in [0.15, 0.2) is 33.1 Å². The highest BCUT2D eigenvalue weighted by Crippen LogP contribution is 2.08. The summed E-state index contributed by atoms with van der Waals surface area (Å²) in [6.45, 7) is 0.0723. The molecule has 0 aliphatic heterocycles. The average molecular weight is 305 g/mol. The van der Waals surface area contributed by atoms with Gasteiger partial charge >= 0.3 is 5.69 Å². The van der Waals surface area contributed by atoms with Crippen molar-refractivity contribution in [3.8, 4) is 0 Å². The van der Waals surface area contributed by atoms with E-state index in [1.54, 1.807) is 13.2 Å². The van der Waals surface area contributed by atoms with Crippen molar-refractivity contribution < 1.29 is 8.42 Å². The molecule has 0 aliphatic carbocycles. The fraction of sp³-hybridized carbons (Fsp3) is 0.222. The molecule has 0 atom stereocenters. The number of rotatable bonds is 3. The van der Waals surface area contributed by atoms with E-state index in [0.29, 0.717) is 5.56 Å². The predicted octanol–water partition coefficient (Wildman–Crippen LogP) is -0.754. The Bertz CT molecular complexity index is 832. The first-order valence-corrected chi connectivity index (χ1v) is 7.34. The van der Waals surface area contributed by atoms with Gasteiger partial charge in [-0.25, -0.2) is 13.2 Å². The van der Waals surface area contributed by atoms with Crippen molar-refractivity contribution in [2.75, 3.05) is 0 Å². The number of aromatic amines is 1. The van der Waals surface area contributed by atoms with Crippen LogP contribution < -0.4 is 11.2 Å². The maximum atomic E-state index is 11.6. The van der Waals surface area contributed by atoms with Crippen molar-refractivity contribution in [2.45, 2.75) is 11.4 Å². The minimum atomic E-state index is -4.21. The van der Waals surface area contributed by atoms with Gasteiger partial charge in [-0.1, -0.05) is 0 Å². The van der Waals surface area contributed by atoms with Crippen molar-refractivity contribution >= 4 is 19.7 Å². The van der Waals surface area contributed by atoms with Crippen LogP contribution in [-0.4, -0.2) is 27.7 Å². The summed E-state index contributed by atoms with van der Waals surface area (Å²) in [5.41, 5.74) is -1.09. The van der Waals surface area contributed by atoms with Gasteiger partial charge in [-0.05, 0) is 0 Å². The molecule has 102 valence electrons. The Balaban J connectivity index is 2.53. The molecule has 8 nitrogen and oxygen atoms in total. The zero-order valence-electron chi connectivity index (χ0n) is 9.70. The quantitative estimate of drug-likeness (QED) is 0.751. The molecule has 0 bridgehead atoms. The Morgan fingerprint density at radius 3 is 2.58 bits per heavy atom. The van der Waals surface area contributed by atoms with Crippen LogP contribution >= 0.6 is 10.7 Å². The number of hydrogen-bond donors (Lipinski definition) is 1. The fourth-order valence-corrected chi connectivity index (χ4v) is 2.39. The van der Waals surface area contributed by atoms with Crippen LogP contribution in [-0.2, 0) is 22.6 Å². The fourth-order valence-electron chi connectivity index (χ4n) is 1.53. The normalized spacial score (nSPS) is 11.7. The van der Waals surface area contributed by atoms with Gasteiger partial charge in [-0.15, -0.1) is 0 Å². The van der Waals surface area contributed by atoms with Gasteiger partial charge in [0.15, 0.2) is 4.90 Å². The Kier molecular flexibility index (Phi) is 3.33. The van der Waals surface area contributed by atoms with Crippen LogP contribution in [0.2, 0.25) is 0 Å². The lowest BCUT2D eigenvalue weighted by Gasteiger charge is -2.04. The van der Waals surface area contributed by atoms with Crippen LogP contribution in [0.3, 0.4) is 0 Å². The van der Waals surface area contributed by atoms with E-state index in [-0.39, 0.29) is 6.54 Å². The molecule has 0 aliphatic rings. The molecule has 19 heavy (non-hydrogen) atoms. The Morgan fingerprint density at radius 1 is 1.37 bits per heavy atom. The second-order valence-corrected chi connectivity index (χ2v) is 6.37. The number of aromatic nitrogens is 4. The standard InChI is InChI=1S/C9H9ClN4O4S/c1-13-3-6(2-11-13)4-14-5-7(19(10,17)18)8(15)12-9(14)16/h2-3,5H,4H2,1H3,(H,12,15,16). The molecule has 0 fully saturated rings. The van der Waals surface area contributed by atoms with Crippen LogP contribution in [0.25, 0.3) is 0 Å². The molecule has 0 spiro atoms. The van der Waals surface area contributed by atoms with Gasteiger partial charge in [0.05, 0.1) is 12.7 Å². The van der Waals surface area contributed by atoms with E-state index in [1.807, 2.05) is 4.98 Å². The predicted molar refractivity (Wildman–Crippen MR) is 66.7 cm³/mol. The number of nitrogens with one attached hydrogen (secondary N) is 1. The number of nitrogens with zero attached hydrogens (tertiary/aromatic N) is 3. The van der Waals surface area contributed by atoms with Gasteiger partial charge in [0, 0.05) is 35.7 Å². The largest absolute Gasteiger partial charge is 0.328 e. The van der Waals surface area contributed by atoms with Gasteiger partial charge in [0.25, 0.3) is 14.6 Å². The topological polar surface area (TPSA) is 107 Å². The van der Waals surface area contributed by atoms with Crippen LogP contribution in [0, 0.1) is 0 Å². The van der Waals surface area contributed by atoms with E-state index in [0.717, 1.165) is 10.8 Å². The Hall–Kier alpha value is -1.87. The van der Waals surface area contributed by atoms with Gasteiger partial charge in [-0.2, -0.15) is 5.10 Å². The SMILES string of the molecule is Cn1cc(Cn2cc(S(=O)(=O)Cl)c(=O)[nH]c2=O)cn1. The minimum Gasteiger partial charge on any atom is -0.295 e. The summed E-state index contributed by atoms with van der Waals surface area (Å²) >= 11 is 0. The van der Waals surface area contributed by atoms with E-state index in [2.05, 4.69) is 5.10 Å². The molecule has 0 saturated carbocycles. The molecule has 2 heterocycles. The van der Waals surface area contributed by atoms with Crippen LogP contribution in [0.5, 0.6) is 0 Å². The average Bonchev–Trinajstić information content (AvgIpc) is 2.66. The molecular weight excluding hydrogens is 296 g/mol. The lowest BCUT2D eigenvalue weighted by Crippen LogP contribution is -2.32. The second-order valence-electron chi connectivity index (χ2n) is 3.84. The van der Waals surface area contributed by atoms with Crippen molar-refractivity contribution in [1.82, 2.24) is 19.3 Å². The molecule has 2 aromatic heterocycles. The minimum absolute atomic E-state index is 0.0723. The molecule has 0 aromatic carbocycles. The molecule has 1 N–H and O–H groups in total. The highest BCUT2D eigenvalue weighted by atomic mass is 35.7. The highest BCUT2D eigenvalue weighted by molar-refractivity contribution is 8.13. The maximum Gasteiger partial charge on any atom is 0.328 e. The second kappa shape index (κ2) is 4.67. The summed E-state index contributed by atoms with van der Waals surface area (Å²) < 4.78 is 24.9. The van der Waals surface area contributed by atoms with Gasteiger partial charge in [0.1, 0.15) is 0 Å². The molecule has 0 amide bonds. The summed E-state index contributed by atoms with van der Waals surface area (Å²) in [5, 5.41) is 3.92. The number of aryl methyl sites for hydroxylation is 1. The van der Waals surface area contributed by atoms with E-state index >= 15 is 0 Å². The first-order chi connectivity index (χ1) is 8.77. The van der Waals surface area contributed by atoms with E-state index in [4.69, 9.17) is 10.7 Å². The molecule has 10 heteroatoms. The van der Waals surface area contributed by atoms with E-state index < -0.39 is 25.2 Å². The molecule has 0 saturated heterocycles. The van der Waals surface area contributed by atoms with Crippen LogP contribution in [0.4, 0.5) is 0 Å². The van der Waals surface area contributed by atoms with Crippen molar-refractivity contribution in [3.63, 3.8) is 0 Å². The maximum absolute atomic E-state index is 11.6. The van der Waals surface area contributed by atoms with Gasteiger partial charge in [-0.3, -0.25) is 19.0 Å². The summed E-state index contributed by atoms with van der Waals surface area (Å²) in [7, 11) is 2.61. The summed E-state index contributed by atoms with van der Waals surface area (Å²) in [5.74, 6) is 0. The Labute approximate surface area is 111 Å². The van der Waals surface area contributed by atoms with E-state index in [1.165, 1.54) is 10.9 Å².